The van der Waals surface area contributed by atoms with Gasteiger partial charge in [0.2, 0.25) is 0 Å². The van der Waals surface area contributed by atoms with Gasteiger partial charge in [-0.1, -0.05) is 60.7 Å². The van der Waals surface area contributed by atoms with Crippen LogP contribution in [0.3, 0.4) is 0 Å². The topological polar surface area (TPSA) is 64.8 Å². The minimum atomic E-state index is -0.520. The number of nitrogens with zero attached hydrogens (tertiary/aromatic N) is 1. The van der Waals surface area contributed by atoms with Crippen molar-refractivity contribution in [2.24, 2.45) is 5.73 Å². The highest BCUT2D eigenvalue weighted by Gasteiger charge is 2.35. The lowest BCUT2D eigenvalue weighted by atomic mass is 9.86. The van der Waals surface area contributed by atoms with Gasteiger partial charge in [-0.2, -0.15) is 0 Å². The van der Waals surface area contributed by atoms with Crippen LogP contribution in [0.25, 0.3) is 10.8 Å². The fraction of sp³-hybridized carbons (Fsp3) is 0.393. The van der Waals surface area contributed by atoms with Gasteiger partial charge in [0.15, 0.2) is 0 Å². The molecule has 0 radical (unpaired) electrons. The van der Waals surface area contributed by atoms with Crippen molar-refractivity contribution in [3.63, 3.8) is 0 Å². The molecule has 2 unspecified atom stereocenters. The Balaban J connectivity index is 1.52. The van der Waals surface area contributed by atoms with E-state index in [1.54, 1.807) is 4.90 Å². The first-order chi connectivity index (χ1) is 15.8. The van der Waals surface area contributed by atoms with Crippen molar-refractivity contribution in [3.8, 4) is 0 Å². The molecule has 0 saturated carbocycles. The SMILES string of the molecule is CC(C)(C)OC(=O)N1CCC(c2ccc(CN)cc2)C(OCc2ccc3ccccc3c2)C1. The van der Waals surface area contributed by atoms with Gasteiger partial charge in [-0.3, -0.25) is 0 Å². The number of ether oxygens (including phenoxy) is 2. The maximum absolute atomic E-state index is 12.7. The number of carbonyl (C=O) groups is 1. The normalized spacial score (nSPS) is 19.0. The molecule has 2 atom stereocenters. The molecule has 1 aliphatic rings. The number of piperidine rings is 1. The van der Waals surface area contributed by atoms with E-state index in [1.807, 2.05) is 32.9 Å². The second-order valence-corrected chi connectivity index (χ2v) is 9.80. The van der Waals surface area contributed by atoms with Crippen LogP contribution in [0.2, 0.25) is 0 Å². The minimum absolute atomic E-state index is 0.124. The second-order valence-electron chi connectivity index (χ2n) is 9.80. The Labute approximate surface area is 196 Å². The Bertz CT molecular complexity index is 1090. The summed E-state index contributed by atoms with van der Waals surface area (Å²) in [6.07, 6.45) is 0.420. The molecule has 3 aromatic carbocycles. The van der Waals surface area contributed by atoms with Gasteiger partial charge in [-0.15, -0.1) is 0 Å². The lowest BCUT2D eigenvalue weighted by Crippen LogP contribution is -2.48. The van der Waals surface area contributed by atoms with Crippen LogP contribution < -0.4 is 5.73 Å². The van der Waals surface area contributed by atoms with Crippen LogP contribution in [-0.2, 0) is 22.6 Å². The molecule has 5 heteroatoms. The number of nitrogens with two attached hydrogens (primary N) is 1. The van der Waals surface area contributed by atoms with Crippen LogP contribution in [0.15, 0.2) is 66.7 Å². The molecule has 1 fully saturated rings. The third kappa shape index (κ3) is 5.92. The van der Waals surface area contributed by atoms with Crippen LogP contribution in [0.4, 0.5) is 4.79 Å². The summed E-state index contributed by atoms with van der Waals surface area (Å²) >= 11 is 0. The zero-order valence-electron chi connectivity index (χ0n) is 19.8. The van der Waals surface area contributed by atoms with Crippen molar-refractivity contribution in [1.82, 2.24) is 4.90 Å². The van der Waals surface area contributed by atoms with E-state index in [1.165, 1.54) is 16.3 Å². The van der Waals surface area contributed by atoms with E-state index in [4.69, 9.17) is 15.2 Å². The fourth-order valence-electron chi connectivity index (χ4n) is 4.39. The summed E-state index contributed by atoms with van der Waals surface area (Å²) in [4.78, 5) is 14.5. The van der Waals surface area contributed by atoms with Crippen molar-refractivity contribution in [1.29, 1.82) is 0 Å². The monoisotopic (exact) mass is 446 g/mol. The Morgan fingerprint density at radius 1 is 1.00 bits per heavy atom. The number of amides is 1. The predicted octanol–water partition coefficient (Wildman–Crippen LogP) is 5.61. The quantitative estimate of drug-likeness (QED) is 0.553. The summed E-state index contributed by atoms with van der Waals surface area (Å²) in [5.74, 6) is 0.205. The summed E-state index contributed by atoms with van der Waals surface area (Å²) in [7, 11) is 0. The third-order valence-corrected chi connectivity index (χ3v) is 6.13. The molecule has 0 aliphatic carbocycles. The van der Waals surface area contributed by atoms with E-state index >= 15 is 0 Å². The summed E-state index contributed by atoms with van der Waals surface area (Å²) in [5.41, 5.74) is 8.71. The maximum atomic E-state index is 12.7. The molecule has 0 bridgehead atoms. The first-order valence-corrected chi connectivity index (χ1v) is 11.7. The van der Waals surface area contributed by atoms with Crippen LogP contribution >= 0.6 is 0 Å². The van der Waals surface area contributed by atoms with Gasteiger partial charge < -0.3 is 20.1 Å². The zero-order valence-corrected chi connectivity index (χ0v) is 19.8. The predicted molar refractivity (Wildman–Crippen MR) is 132 cm³/mol. The average molecular weight is 447 g/mol. The fourth-order valence-corrected chi connectivity index (χ4v) is 4.39. The lowest BCUT2D eigenvalue weighted by Gasteiger charge is -2.39. The van der Waals surface area contributed by atoms with Gasteiger partial charge in [0, 0.05) is 19.0 Å². The lowest BCUT2D eigenvalue weighted by molar-refractivity contribution is -0.0359. The molecule has 0 spiro atoms. The molecule has 5 nitrogen and oxygen atoms in total. The van der Waals surface area contributed by atoms with Gasteiger partial charge in [-0.05, 0) is 60.7 Å². The highest BCUT2D eigenvalue weighted by Crippen LogP contribution is 2.32. The highest BCUT2D eigenvalue weighted by atomic mass is 16.6. The molecular formula is C28H34N2O3. The first-order valence-electron chi connectivity index (χ1n) is 11.7. The number of fused-ring (bicyclic) bond motifs is 1. The molecule has 1 amide bonds. The van der Waals surface area contributed by atoms with Crippen LogP contribution in [0, 0.1) is 0 Å². The van der Waals surface area contributed by atoms with Crippen LogP contribution in [0.5, 0.6) is 0 Å². The second kappa shape index (κ2) is 9.94. The van der Waals surface area contributed by atoms with Crippen LogP contribution in [0.1, 0.15) is 49.8 Å². The molecule has 33 heavy (non-hydrogen) atoms. The molecule has 1 saturated heterocycles. The van der Waals surface area contributed by atoms with Crippen molar-refractivity contribution in [3.05, 3.63) is 83.4 Å². The Morgan fingerprint density at radius 3 is 2.39 bits per heavy atom. The van der Waals surface area contributed by atoms with E-state index in [0.29, 0.717) is 26.2 Å². The van der Waals surface area contributed by atoms with E-state index in [2.05, 4.69) is 54.6 Å². The summed E-state index contributed by atoms with van der Waals surface area (Å²) < 4.78 is 12.1. The maximum Gasteiger partial charge on any atom is 0.410 e. The third-order valence-electron chi connectivity index (χ3n) is 6.13. The molecular weight excluding hydrogens is 412 g/mol. The highest BCUT2D eigenvalue weighted by molar-refractivity contribution is 5.82. The zero-order chi connectivity index (χ0) is 23.4. The van der Waals surface area contributed by atoms with Crippen molar-refractivity contribution in [2.45, 2.75) is 58.0 Å². The largest absolute Gasteiger partial charge is 0.444 e. The van der Waals surface area contributed by atoms with Gasteiger partial charge in [0.25, 0.3) is 0 Å². The standard InChI is InChI=1S/C28H34N2O3/c1-28(2,3)33-27(31)30-15-14-25(23-12-8-20(17-29)9-13-23)26(18-30)32-19-21-10-11-22-6-4-5-7-24(22)16-21/h4-13,16,25-26H,14-15,17-19,29H2,1-3H3. The van der Waals surface area contributed by atoms with E-state index < -0.39 is 5.60 Å². The molecule has 4 rings (SSSR count). The van der Waals surface area contributed by atoms with Gasteiger partial charge in [0.05, 0.1) is 19.3 Å². The van der Waals surface area contributed by atoms with E-state index in [0.717, 1.165) is 17.5 Å². The van der Waals surface area contributed by atoms with Crippen molar-refractivity contribution >= 4 is 16.9 Å². The molecule has 0 aromatic heterocycles. The van der Waals surface area contributed by atoms with Gasteiger partial charge in [-0.25, -0.2) is 4.79 Å². The van der Waals surface area contributed by atoms with E-state index in [9.17, 15) is 4.79 Å². The molecule has 2 N–H and O–H groups in total. The number of benzene rings is 3. The Kier molecular flexibility index (Phi) is 7.01. The van der Waals surface area contributed by atoms with Crippen molar-refractivity contribution in [2.75, 3.05) is 13.1 Å². The molecule has 174 valence electrons. The average Bonchev–Trinajstić information content (AvgIpc) is 2.81. The van der Waals surface area contributed by atoms with Gasteiger partial charge >= 0.3 is 6.09 Å². The number of rotatable bonds is 5. The smallest absolute Gasteiger partial charge is 0.410 e. The molecule has 1 heterocycles. The number of hydrogen-bond acceptors (Lipinski definition) is 4. The number of likely N-dealkylation sites (tertiary alicyclic amines) is 1. The van der Waals surface area contributed by atoms with Gasteiger partial charge in [0.1, 0.15) is 5.60 Å². The summed E-state index contributed by atoms with van der Waals surface area (Å²) in [6.45, 7) is 7.85. The minimum Gasteiger partial charge on any atom is -0.444 e. The summed E-state index contributed by atoms with van der Waals surface area (Å²) in [6, 6.07) is 23.2. The Hall–Kier alpha value is -2.89. The Morgan fingerprint density at radius 2 is 1.70 bits per heavy atom. The molecule has 1 aliphatic heterocycles. The molecule has 3 aromatic rings. The van der Waals surface area contributed by atoms with Crippen LogP contribution in [-0.4, -0.2) is 35.8 Å². The first kappa shape index (κ1) is 23.3. The van der Waals surface area contributed by atoms with E-state index in [-0.39, 0.29) is 18.1 Å². The number of hydrogen-bond donors (Lipinski definition) is 1. The number of carbonyl (C=O) groups excluding carboxylic acids is 1. The summed E-state index contributed by atoms with van der Waals surface area (Å²) in [5, 5.41) is 2.42. The van der Waals surface area contributed by atoms with Crippen molar-refractivity contribution < 1.29 is 14.3 Å².